The summed E-state index contributed by atoms with van der Waals surface area (Å²) in [6.45, 7) is 5.46. The van der Waals surface area contributed by atoms with E-state index < -0.39 is 10.0 Å². The predicted molar refractivity (Wildman–Crippen MR) is 81.0 cm³/mol. The minimum atomic E-state index is -3.72. The molecule has 1 aromatic rings. The van der Waals surface area contributed by atoms with Crippen LogP contribution in [0.5, 0.6) is 5.75 Å². The van der Waals surface area contributed by atoms with Crippen molar-refractivity contribution in [2.24, 2.45) is 0 Å². The van der Waals surface area contributed by atoms with Gasteiger partial charge in [0.05, 0.1) is 18.6 Å². The van der Waals surface area contributed by atoms with Crippen LogP contribution < -0.4 is 10.1 Å². The van der Waals surface area contributed by atoms with Crippen molar-refractivity contribution in [2.45, 2.75) is 25.7 Å². The van der Waals surface area contributed by atoms with Gasteiger partial charge in [0, 0.05) is 13.6 Å². The van der Waals surface area contributed by atoms with Crippen LogP contribution in [0.15, 0.2) is 17.0 Å². The highest BCUT2D eigenvalue weighted by molar-refractivity contribution is 7.89. The molecule has 1 rings (SSSR count). The maximum Gasteiger partial charge on any atom is 0.243 e. The molecule has 0 aliphatic rings. The van der Waals surface area contributed by atoms with Crippen molar-refractivity contribution < 1.29 is 17.9 Å². The van der Waals surface area contributed by atoms with Gasteiger partial charge in [0.1, 0.15) is 5.75 Å². The molecular weight excluding hydrogens is 292 g/mol. The average molecular weight is 314 g/mol. The minimum absolute atomic E-state index is 0.207. The number of nitrogens with one attached hydrogen (secondary N) is 1. The molecule has 0 aliphatic carbocycles. The van der Waals surface area contributed by atoms with E-state index in [9.17, 15) is 13.2 Å². The fourth-order valence-corrected chi connectivity index (χ4v) is 3.66. The van der Waals surface area contributed by atoms with Gasteiger partial charge >= 0.3 is 0 Å². The van der Waals surface area contributed by atoms with Gasteiger partial charge in [0.15, 0.2) is 0 Å². The third-order valence-electron chi connectivity index (χ3n) is 3.08. The Balaban J connectivity index is 3.16. The second kappa shape index (κ2) is 6.91. The second-order valence-electron chi connectivity index (χ2n) is 4.80. The zero-order valence-corrected chi connectivity index (χ0v) is 13.9. The van der Waals surface area contributed by atoms with Crippen molar-refractivity contribution in [3.63, 3.8) is 0 Å². The number of hydrogen-bond donors (Lipinski definition) is 1. The van der Waals surface area contributed by atoms with Crippen LogP contribution in [0.1, 0.15) is 18.1 Å². The first-order valence-corrected chi connectivity index (χ1v) is 8.06. The molecule has 21 heavy (non-hydrogen) atoms. The van der Waals surface area contributed by atoms with Gasteiger partial charge in [-0.15, -0.1) is 0 Å². The van der Waals surface area contributed by atoms with Crippen LogP contribution in [0.25, 0.3) is 0 Å². The molecule has 0 fully saturated rings. The summed E-state index contributed by atoms with van der Waals surface area (Å²) in [4.78, 5) is 11.8. The van der Waals surface area contributed by atoms with Gasteiger partial charge in [-0.2, -0.15) is 4.31 Å². The van der Waals surface area contributed by atoms with Gasteiger partial charge in [0.25, 0.3) is 0 Å². The molecule has 0 aliphatic heterocycles. The van der Waals surface area contributed by atoms with Crippen molar-refractivity contribution in [1.82, 2.24) is 9.62 Å². The van der Waals surface area contributed by atoms with E-state index in [-0.39, 0.29) is 17.3 Å². The summed E-state index contributed by atoms with van der Waals surface area (Å²) < 4.78 is 31.4. The molecule has 0 saturated heterocycles. The van der Waals surface area contributed by atoms with E-state index in [1.807, 2.05) is 0 Å². The molecule has 0 heterocycles. The van der Waals surface area contributed by atoms with Crippen molar-refractivity contribution >= 4 is 15.9 Å². The lowest BCUT2D eigenvalue weighted by molar-refractivity contribution is -0.121. The van der Waals surface area contributed by atoms with Gasteiger partial charge in [-0.05, 0) is 44.0 Å². The van der Waals surface area contributed by atoms with Crippen LogP contribution in [0.2, 0.25) is 0 Å². The van der Waals surface area contributed by atoms with Crippen molar-refractivity contribution in [3.05, 3.63) is 23.3 Å². The highest BCUT2D eigenvalue weighted by atomic mass is 32.2. The summed E-state index contributed by atoms with van der Waals surface area (Å²) >= 11 is 0. The van der Waals surface area contributed by atoms with Gasteiger partial charge in [-0.1, -0.05) is 0 Å². The molecule has 118 valence electrons. The van der Waals surface area contributed by atoms with E-state index in [1.165, 1.54) is 14.2 Å². The number of sulfonamides is 1. The smallest absolute Gasteiger partial charge is 0.243 e. The summed E-state index contributed by atoms with van der Waals surface area (Å²) in [6.07, 6.45) is 0. The Morgan fingerprint density at radius 2 is 1.81 bits per heavy atom. The van der Waals surface area contributed by atoms with Crippen LogP contribution in [0, 0.1) is 13.8 Å². The Kier molecular flexibility index (Phi) is 5.74. The normalized spacial score (nSPS) is 11.5. The molecule has 0 spiro atoms. The van der Waals surface area contributed by atoms with Crippen LogP contribution in [0.4, 0.5) is 0 Å². The van der Waals surface area contributed by atoms with E-state index in [1.54, 1.807) is 32.9 Å². The molecule has 1 amide bonds. The quantitative estimate of drug-likeness (QED) is 0.852. The maximum absolute atomic E-state index is 12.6. The SMILES string of the molecule is CCNC(=O)CN(C)S(=O)(=O)c1c(C)cc(OC)cc1C. The Morgan fingerprint density at radius 1 is 1.29 bits per heavy atom. The first-order chi connectivity index (χ1) is 9.73. The average Bonchev–Trinajstić information content (AvgIpc) is 2.37. The Morgan fingerprint density at radius 3 is 2.24 bits per heavy atom. The van der Waals surface area contributed by atoms with Crippen LogP contribution in [-0.4, -0.2) is 45.9 Å². The molecular formula is C14H22N2O4S. The molecule has 7 heteroatoms. The third-order valence-corrected chi connectivity index (χ3v) is 5.19. The number of ether oxygens (including phenoxy) is 1. The highest BCUT2D eigenvalue weighted by Crippen LogP contribution is 2.27. The maximum atomic E-state index is 12.6. The molecule has 0 unspecified atom stereocenters. The zero-order valence-electron chi connectivity index (χ0n) is 13.1. The number of aryl methyl sites for hydroxylation is 2. The number of likely N-dealkylation sites (N-methyl/N-ethyl adjacent to an activating group) is 2. The number of rotatable bonds is 6. The van der Waals surface area contributed by atoms with Gasteiger partial charge < -0.3 is 10.1 Å². The lowest BCUT2D eigenvalue weighted by Gasteiger charge is -2.20. The lowest BCUT2D eigenvalue weighted by Crippen LogP contribution is -2.38. The van der Waals surface area contributed by atoms with Crippen LogP contribution in [-0.2, 0) is 14.8 Å². The number of amides is 1. The first kappa shape index (κ1) is 17.5. The van der Waals surface area contributed by atoms with Crippen molar-refractivity contribution in [1.29, 1.82) is 0 Å². The molecule has 0 atom stereocenters. The van der Waals surface area contributed by atoms with E-state index in [4.69, 9.17) is 4.74 Å². The number of benzene rings is 1. The first-order valence-electron chi connectivity index (χ1n) is 6.62. The molecule has 6 nitrogen and oxygen atoms in total. The Labute approximate surface area is 126 Å². The standard InChI is InChI=1S/C14H22N2O4S/c1-6-15-13(17)9-16(4)21(18,19)14-10(2)7-12(20-5)8-11(14)3/h7-8H,6,9H2,1-5H3,(H,15,17). The van der Waals surface area contributed by atoms with Crippen LogP contribution >= 0.6 is 0 Å². The summed E-state index contributed by atoms with van der Waals surface area (Å²) in [7, 11) is -0.794. The third kappa shape index (κ3) is 3.95. The second-order valence-corrected chi connectivity index (χ2v) is 6.79. The Bertz CT molecular complexity index is 603. The summed E-state index contributed by atoms with van der Waals surface area (Å²) in [5, 5.41) is 2.58. The number of nitrogens with zero attached hydrogens (tertiary/aromatic N) is 1. The summed E-state index contributed by atoms with van der Waals surface area (Å²) in [5.41, 5.74) is 1.18. The topological polar surface area (TPSA) is 75.7 Å². The fraction of sp³-hybridized carbons (Fsp3) is 0.500. The monoisotopic (exact) mass is 314 g/mol. The van der Waals surface area contributed by atoms with E-state index >= 15 is 0 Å². The van der Waals surface area contributed by atoms with Crippen molar-refractivity contribution in [2.75, 3.05) is 27.2 Å². The molecule has 0 radical (unpaired) electrons. The van der Waals surface area contributed by atoms with E-state index in [0.29, 0.717) is 23.4 Å². The van der Waals surface area contributed by atoms with Gasteiger partial charge in [0.2, 0.25) is 15.9 Å². The Hall–Kier alpha value is -1.60. The number of methoxy groups -OCH3 is 1. The molecule has 1 N–H and O–H groups in total. The lowest BCUT2D eigenvalue weighted by atomic mass is 10.1. The number of carbonyl (C=O) groups excluding carboxylic acids is 1. The van der Waals surface area contributed by atoms with E-state index in [2.05, 4.69) is 5.32 Å². The molecule has 1 aromatic carbocycles. The van der Waals surface area contributed by atoms with Gasteiger partial charge in [-0.25, -0.2) is 8.42 Å². The zero-order chi connectivity index (χ0) is 16.2. The number of carbonyl (C=O) groups is 1. The summed E-state index contributed by atoms with van der Waals surface area (Å²) in [6, 6.07) is 3.33. The van der Waals surface area contributed by atoms with Crippen molar-refractivity contribution in [3.8, 4) is 5.75 Å². The fourth-order valence-electron chi connectivity index (χ4n) is 2.13. The minimum Gasteiger partial charge on any atom is -0.497 e. The summed E-state index contributed by atoms with van der Waals surface area (Å²) in [5.74, 6) is 0.280. The number of hydrogen-bond acceptors (Lipinski definition) is 4. The van der Waals surface area contributed by atoms with E-state index in [0.717, 1.165) is 4.31 Å². The highest BCUT2D eigenvalue weighted by Gasteiger charge is 2.26. The predicted octanol–water partition coefficient (Wildman–Crippen LogP) is 1.07. The molecule has 0 saturated carbocycles. The van der Waals surface area contributed by atoms with Gasteiger partial charge in [-0.3, -0.25) is 4.79 Å². The largest absolute Gasteiger partial charge is 0.497 e. The molecule has 0 bridgehead atoms. The van der Waals surface area contributed by atoms with Crippen LogP contribution in [0.3, 0.4) is 0 Å². The molecule has 0 aromatic heterocycles.